The average Bonchev–Trinajstić information content (AvgIpc) is 2.61. The predicted octanol–water partition coefficient (Wildman–Crippen LogP) is 4.28. The van der Waals surface area contributed by atoms with E-state index in [0.717, 1.165) is 16.3 Å². The van der Waals surface area contributed by atoms with Crippen LogP contribution in [0, 0.1) is 0 Å². The zero-order chi connectivity index (χ0) is 17.8. The SMILES string of the molecule is CCc1c(NC(=O)Cc2cccc3ccccc23)cccc1C(=O)O. The fourth-order valence-electron chi connectivity index (χ4n) is 3.10. The van der Waals surface area contributed by atoms with E-state index in [2.05, 4.69) is 5.32 Å². The van der Waals surface area contributed by atoms with E-state index in [9.17, 15) is 14.7 Å². The number of hydrogen-bond donors (Lipinski definition) is 2. The molecule has 4 heteroatoms. The van der Waals surface area contributed by atoms with Crippen LogP contribution >= 0.6 is 0 Å². The van der Waals surface area contributed by atoms with E-state index in [1.807, 2.05) is 49.4 Å². The number of anilines is 1. The van der Waals surface area contributed by atoms with Crippen molar-refractivity contribution in [3.05, 3.63) is 77.4 Å². The molecule has 0 heterocycles. The lowest BCUT2D eigenvalue weighted by atomic mass is 10.0. The minimum atomic E-state index is -0.984. The van der Waals surface area contributed by atoms with Gasteiger partial charge < -0.3 is 10.4 Å². The molecular formula is C21H19NO3. The van der Waals surface area contributed by atoms with Crippen molar-refractivity contribution in [1.29, 1.82) is 0 Å². The highest BCUT2D eigenvalue weighted by atomic mass is 16.4. The molecule has 3 aromatic rings. The van der Waals surface area contributed by atoms with Crippen LogP contribution in [0.5, 0.6) is 0 Å². The quantitative estimate of drug-likeness (QED) is 0.732. The monoisotopic (exact) mass is 333 g/mol. The lowest BCUT2D eigenvalue weighted by molar-refractivity contribution is -0.115. The first-order valence-corrected chi connectivity index (χ1v) is 8.22. The second-order valence-electron chi connectivity index (χ2n) is 5.85. The van der Waals surface area contributed by atoms with E-state index in [1.165, 1.54) is 0 Å². The smallest absolute Gasteiger partial charge is 0.336 e. The van der Waals surface area contributed by atoms with Gasteiger partial charge in [-0.3, -0.25) is 4.79 Å². The first kappa shape index (κ1) is 16.7. The molecule has 3 rings (SSSR count). The van der Waals surface area contributed by atoms with Crippen molar-refractivity contribution >= 4 is 28.3 Å². The molecule has 0 spiro atoms. The number of aromatic carboxylic acids is 1. The third-order valence-corrected chi connectivity index (χ3v) is 4.27. The summed E-state index contributed by atoms with van der Waals surface area (Å²) in [6.07, 6.45) is 0.772. The van der Waals surface area contributed by atoms with Gasteiger partial charge in [0.1, 0.15) is 0 Å². The van der Waals surface area contributed by atoms with Crippen molar-refractivity contribution in [2.75, 3.05) is 5.32 Å². The summed E-state index contributed by atoms with van der Waals surface area (Å²) in [5.41, 5.74) is 2.38. The number of fused-ring (bicyclic) bond motifs is 1. The van der Waals surface area contributed by atoms with Gasteiger partial charge in [0.05, 0.1) is 12.0 Å². The van der Waals surface area contributed by atoms with Crippen LogP contribution in [0.2, 0.25) is 0 Å². The van der Waals surface area contributed by atoms with Gasteiger partial charge >= 0.3 is 5.97 Å². The Hall–Kier alpha value is -3.14. The summed E-state index contributed by atoms with van der Waals surface area (Å²) in [4.78, 5) is 23.9. The minimum Gasteiger partial charge on any atom is -0.478 e. The van der Waals surface area contributed by atoms with Crippen LogP contribution < -0.4 is 5.32 Å². The molecular weight excluding hydrogens is 314 g/mol. The van der Waals surface area contributed by atoms with Crippen molar-refractivity contribution in [1.82, 2.24) is 0 Å². The van der Waals surface area contributed by atoms with E-state index in [1.54, 1.807) is 18.2 Å². The zero-order valence-corrected chi connectivity index (χ0v) is 14.0. The molecule has 0 aliphatic carbocycles. The summed E-state index contributed by atoms with van der Waals surface area (Å²) in [5, 5.41) is 14.3. The van der Waals surface area contributed by atoms with Crippen LogP contribution in [0.15, 0.2) is 60.7 Å². The van der Waals surface area contributed by atoms with E-state index < -0.39 is 5.97 Å². The molecule has 0 aliphatic rings. The van der Waals surface area contributed by atoms with Gasteiger partial charge in [-0.1, -0.05) is 55.5 Å². The van der Waals surface area contributed by atoms with E-state index >= 15 is 0 Å². The largest absolute Gasteiger partial charge is 0.478 e. The van der Waals surface area contributed by atoms with Crippen molar-refractivity contribution in [2.45, 2.75) is 19.8 Å². The molecule has 0 bridgehead atoms. The van der Waals surface area contributed by atoms with E-state index in [-0.39, 0.29) is 17.9 Å². The number of rotatable bonds is 5. The Morgan fingerprint density at radius 2 is 1.68 bits per heavy atom. The fraction of sp³-hybridized carbons (Fsp3) is 0.143. The minimum absolute atomic E-state index is 0.159. The van der Waals surface area contributed by atoms with Crippen LogP contribution in [-0.2, 0) is 17.6 Å². The third kappa shape index (κ3) is 3.53. The summed E-state index contributed by atoms with van der Waals surface area (Å²) in [7, 11) is 0. The number of carbonyl (C=O) groups excluding carboxylic acids is 1. The molecule has 0 saturated heterocycles. The van der Waals surface area contributed by atoms with Gasteiger partial charge in [0.25, 0.3) is 0 Å². The topological polar surface area (TPSA) is 66.4 Å². The second-order valence-corrected chi connectivity index (χ2v) is 5.85. The molecule has 0 aliphatic heterocycles. The van der Waals surface area contributed by atoms with Gasteiger partial charge in [-0.2, -0.15) is 0 Å². The van der Waals surface area contributed by atoms with Crippen molar-refractivity contribution in [2.24, 2.45) is 0 Å². The predicted molar refractivity (Wildman–Crippen MR) is 99.1 cm³/mol. The number of carboxylic acids is 1. The lowest BCUT2D eigenvalue weighted by Crippen LogP contribution is -2.17. The van der Waals surface area contributed by atoms with Gasteiger partial charge in [-0.15, -0.1) is 0 Å². The Labute approximate surface area is 146 Å². The molecule has 0 unspecified atom stereocenters. The van der Waals surface area contributed by atoms with Gasteiger partial charge in [0.2, 0.25) is 5.91 Å². The molecule has 25 heavy (non-hydrogen) atoms. The summed E-state index contributed by atoms with van der Waals surface area (Å²) >= 11 is 0. The third-order valence-electron chi connectivity index (χ3n) is 4.27. The molecule has 0 fully saturated rings. The fourth-order valence-corrected chi connectivity index (χ4v) is 3.10. The Morgan fingerprint density at radius 3 is 2.44 bits per heavy atom. The normalized spacial score (nSPS) is 10.6. The molecule has 4 nitrogen and oxygen atoms in total. The first-order valence-electron chi connectivity index (χ1n) is 8.22. The summed E-state index contributed by atoms with van der Waals surface area (Å²) in [6.45, 7) is 1.88. The van der Waals surface area contributed by atoms with Crippen LogP contribution in [0.1, 0.15) is 28.4 Å². The number of hydrogen-bond acceptors (Lipinski definition) is 2. The molecule has 0 radical (unpaired) electrons. The van der Waals surface area contributed by atoms with Gasteiger partial charge in [-0.05, 0) is 40.5 Å². The maximum atomic E-state index is 12.5. The van der Waals surface area contributed by atoms with E-state index in [4.69, 9.17) is 0 Å². The second kappa shape index (κ2) is 7.18. The lowest BCUT2D eigenvalue weighted by Gasteiger charge is -2.13. The molecule has 1 amide bonds. The molecule has 2 N–H and O–H groups in total. The standard InChI is InChI=1S/C21H19NO3/c1-2-16-18(21(24)25)11-6-12-19(16)22-20(23)13-15-9-5-8-14-7-3-4-10-17(14)15/h3-12H,2,13H2,1H3,(H,22,23)(H,24,25). The van der Waals surface area contributed by atoms with Crippen LogP contribution in [0.4, 0.5) is 5.69 Å². The highest BCUT2D eigenvalue weighted by molar-refractivity contribution is 5.98. The van der Waals surface area contributed by atoms with E-state index in [0.29, 0.717) is 17.7 Å². The highest BCUT2D eigenvalue weighted by Gasteiger charge is 2.14. The number of carboxylic acid groups (broad SMARTS) is 1. The Bertz CT molecular complexity index is 942. The molecule has 0 aromatic heterocycles. The maximum Gasteiger partial charge on any atom is 0.336 e. The number of carbonyl (C=O) groups is 2. The van der Waals surface area contributed by atoms with Gasteiger partial charge in [-0.25, -0.2) is 4.79 Å². The molecule has 0 saturated carbocycles. The van der Waals surface area contributed by atoms with Crippen LogP contribution in [-0.4, -0.2) is 17.0 Å². The first-order chi connectivity index (χ1) is 12.1. The maximum absolute atomic E-state index is 12.5. The van der Waals surface area contributed by atoms with Crippen molar-refractivity contribution < 1.29 is 14.7 Å². The Morgan fingerprint density at radius 1 is 0.960 bits per heavy atom. The summed E-state index contributed by atoms with van der Waals surface area (Å²) in [5.74, 6) is -1.14. The number of amides is 1. The summed E-state index contributed by atoms with van der Waals surface area (Å²) in [6, 6.07) is 18.8. The van der Waals surface area contributed by atoms with Crippen LogP contribution in [0.25, 0.3) is 10.8 Å². The molecule has 0 atom stereocenters. The Kier molecular flexibility index (Phi) is 4.80. The van der Waals surface area contributed by atoms with Crippen LogP contribution in [0.3, 0.4) is 0 Å². The zero-order valence-electron chi connectivity index (χ0n) is 14.0. The molecule has 126 valence electrons. The molecule has 3 aromatic carbocycles. The van der Waals surface area contributed by atoms with Gasteiger partial charge in [0, 0.05) is 5.69 Å². The van der Waals surface area contributed by atoms with Crippen molar-refractivity contribution in [3.8, 4) is 0 Å². The summed E-state index contributed by atoms with van der Waals surface area (Å²) < 4.78 is 0. The average molecular weight is 333 g/mol. The highest BCUT2D eigenvalue weighted by Crippen LogP contribution is 2.23. The number of nitrogens with one attached hydrogen (secondary N) is 1. The van der Waals surface area contributed by atoms with Gasteiger partial charge in [0.15, 0.2) is 0 Å². The Balaban J connectivity index is 1.86. The number of benzene rings is 3. The van der Waals surface area contributed by atoms with Crippen molar-refractivity contribution in [3.63, 3.8) is 0 Å².